The number of amides is 1. The third-order valence-corrected chi connectivity index (χ3v) is 4.89. The molecule has 2 heterocycles. The summed E-state index contributed by atoms with van der Waals surface area (Å²) in [5.41, 5.74) is 2.01. The standard InChI is InChI=1S/C22H20F2N4O/c23-19-7-6-17(15-20(19)24)26-21-14-16(8-9-25-21)22(29)28-12-10-27(11-13-28)18-4-2-1-3-5-18/h1-9,14-15H,10-13H2,(H,25,26). The number of nitrogens with zero attached hydrogens (tertiary/aromatic N) is 3. The van der Waals surface area contributed by atoms with Gasteiger partial charge in [0, 0.05) is 55.4 Å². The monoisotopic (exact) mass is 394 g/mol. The van der Waals surface area contributed by atoms with Crippen LogP contribution >= 0.6 is 0 Å². The van der Waals surface area contributed by atoms with Crippen LogP contribution in [0.5, 0.6) is 0 Å². The lowest BCUT2D eigenvalue weighted by Crippen LogP contribution is -2.48. The number of hydrogen-bond donors (Lipinski definition) is 1. The molecule has 0 unspecified atom stereocenters. The van der Waals surface area contributed by atoms with Crippen LogP contribution < -0.4 is 10.2 Å². The molecule has 1 N–H and O–H groups in total. The number of carbonyl (C=O) groups excluding carboxylic acids is 1. The van der Waals surface area contributed by atoms with Gasteiger partial charge in [-0.1, -0.05) is 18.2 Å². The summed E-state index contributed by atoms with van der Waals surface area (Å²) in [6, 6.07) is 16.9. The van der Waals surface area contributed by atoms with E-state index in [-0.39, 0.29) is 5.91 Å². The first-order valence-electron chi connectivity index (χ1n) is 9.37. The Labute approximate surface area is 167 Å². The molecule has 148 valence electrons. The summed E-state index contributed by atoms with van der Waals surface area (Å²) >= 11 is 0. The second kappa shape index (κ2) is 8.26. The summed E-state index contributed by atoms with van der Waals surface area (Å²) in [7, 11) is 0. The second-order valence-corrected chi connectivity index (χ2v) is 6.80. The topological polar surface area (TPSA) is 48.5 Å². The molecule has 1 amide bonds. The molecule has 1 fully saturated rings. The molecule has 0 atom stereocenters. The van der Waals surface area contributed by atoms with Crippen LogP contribution in [0.15, 0.2) is 66.9 Å². The van der Waals surface area contributed by atoms with Gasteiger partial charge in [0.2, 0.25) is 0 Å². The van der Waals surface area contributed by atoms with Crippen molar-refractivity contribution in [3.05, 3.63) is 84.1 Å². The number of carbonyl (C=O) groups is 1. The van der Waals surface area contributed by atoms with Crippen LogP contribution in [0.4, 0.5) is 26.0 Å². The first-order chi connectivity index (χ1) is 14.1. The van der Waals surface area contributed by atoms with E-state index in [2.05, 4.69) is 27.3 Å². The quantitative estimate of drug-likeness (QED) is 0.725. The first-order valence-corrected chi connectivity index (χ1v) is 9.37. The summed E-state index contributed by atoms with van der Waals surface area (Å²) in [5.74, 6) is -1.54. The fraction of sp³-hybridized carbons (Fsp3) is 0.182. The zero-order valence-electron chi connectivity index (χ0n) is 15.7. The number of benzene rings is 2. The molecule has 1 saturated heterocycles. The Bertz CT molecular complexity index is 1000. The van der Waals surface area contributed by atoms with E-state index in [1.165, 1.54) is 12.3 Å². The maximum Gasteiger partial charge on any atom is 0.254 e. The minimum atomic E-state index is -0.946. The van der Waals surface area contributed by atoms with Crippen molar-refractivity contribution in [2.45, 2.75) is 0 Å². The molecule has 2 aromatic carbocycles. The van der Waals surface area contributed by atoms with E-state index in [1.807, 2.05) is 23.1 Å². The largest absolute Gasteiger partial charge is 0.368 e. The molecule has 0 radical (unpaired) electrons. The number of halogens is 2. The number of pyridine rings is 1. The zero-order chi connectivity index (χ0) is 20.2. The molecule has 7 heteroatoms. The lowest BCUT2D eigenvalue weighted by Gasteiger charge is -2.36. The third-order valence-electron chi connectivity index (χ3n) is 4.89. The maximum absolute atomic E-state index is 13.4. The Kier molecular flexibility index (Phi) is 5.37. The molecule has 1 aliphatic heterocycles. The SMILES string of the molecule is O=C(c1ccnc(Nc2ccc(F)c(F)c2)c1)N1CCN(c2ccccc2)CC1. The minimum Gasteiger partial charge on any atom is -0.368 e. The van der Waals surface area contributed by atoms with E-state index in [0.29, 0.717) is 30.2 Å². The lowest BCUT2D eigenvalue weighted by molar-refractivity contribution is 0.0746. The molecular formula is C22H20F2N4O. The van der Waals surface area contributed by atoms with Gasteiger partial charge in [0.05, 0.1) is 0 Å². The summed E-state index contributed by atoms with van der Waals surface area (Å²) < 4.78 is 26.5. The maximum atomic E-state index is 13.4. The Balaban J connectivity index is 1.41. The minimum absolute atomic E-state index is 0.0755. The van der Waals surface area contributed by atoms with Crippen molar-refractivity contribution in [1.29, 1.82) is 0 Å². The summed E-state index contributed by atoms with van der Waals surface area (Å²) in [6.45, 7) is 2.78. The smallest absolute Gasteiger partial charge is 0.254 e. The highest BCUT2D eigenvalue weighted by Crippen LogP contribution is 2.20. The van der Waals surface area contributed by atoms with Gasteiger partial charge in [-0.05, 0) is 36.4 Å². The highest BCUT2D eigenvalue weighted by Gasteiger charge is 2.22. The van der Waals surface area contributed by atoms with Crippen molar-refractivity contribution >= 4 is 23.1 Å². The van der Waals surface area contributed by atoms with Crippen LogP contribution in [0.25, 0.3) is 0 Å². The van der Waals surface area contributed by atoms with Gasteiger partial charge in [0.25, 0.3) is 5.91 Å². The van der Waals surface area contributed by atoms with Crippen LogP contribution in [0.1, 0.15) is 10.4 Å². The Hall–Kier alpha value is -3.48. The van der Waals surface area contributed by atoms with Crippen molar-refractivity contribution in [3.8, 4) is 0 Å². The Morgan fingerprint density at radius 2 is 1.66 bits per heavy atom. The molecule has 1 aromatic heterocycles. The van der Waals surface area contributed by atoms with Crippen LogP contribution in [0, 0.1) is 11.6 Å². The van der Waals surface area contributed by atoms with E-state index in [4.69, 9.17) is 0 Å². The highest BCUT2D eigenvalue weighted by molar-refractivity contribution is 5.95. The van der Waals surface area contributed by atoms with E-state index < -0.39 is 11.6 Å². The van der Waals surface area contributed by atoms with E-state index in [9.17, 15) is 13.6 Å². The normalized spacial score (nSPS) is 14.0. The van der Waals surface area contributed by atoms with Gasteiger partial charge in [-0.2, -0.15) is 0 Å². The molecule has 0 saturated carbocycles. The lowest BCUT2D eigenvalue weighted by atomic mass is 10.2. The molecule has 1 aliphatic rings. The van der Waals surface area contributed by atoms with E-state index in [0.717, 1.165) is 30.9 Å². The molecule has 3 aromatic rings. The van der Waals surface area contributed by atoms with Crippen LogP contribution in [-0.2, 0) is 0 Å². The number of piperazine rings is 1. The average molecular weight is 394 g/mol. The highest BCUT2D eigenvalue weighted by atomic mass is 19.2. The van der Waals surface area contributed by atoms with Crippen LogP contribution in [0.3, 0.4) is 0 Å². The van der Waals surface area contributed by atoms with Crippen molar-refractivity contribution < 1.29 is 13.6 Å². The van der Waals surface area contributed by atoms with Crippen LogP contribution in [0.2, 0.25) is 0 Å². The van der Waals surface area contributed by atoms with Crippen molar-refractivity contribution in [2.75, 3.05) is 36.4 Å². The van der Waals surface area contributed by atoms with Gasteiger partial charge in [0.1, 0.15) is 5.82 Å². The fourth-order valence-corrected chi connectivity index (χ4v) is 3.34. The van der Waals surface area contributed by atoms with Gasteiger partial charge in [-0.15, -0.1) is 0 Å². The first kappa shape index (κ1) is 18.9. The molecule has 0 spiro atoms. The van der Waals surface area contributed by atoms with Crippen molar-refractivity contribution in [3.63, 3.8) is 0 Å². The van der Waals surface area contributed by atoms with Gasteiger partial charge < -0.3 is 15.1 Å². The average Bonchev–Trinajstić information content (AvgIpc) is 2.77. The molecule has 4 rings (SSSR count). The number of nitrogens with one attached hydrogen (secondary N) is 1. The number of rotatable bonds is 4. The summed E-state index contributed by atoms with van der Waals surface area (Å²) in [6.07, 6.45) is 1.52. The van der Waals surface area contributed by atoms with Crippen molar-refractivity contribution in [2.24, 2.45) is 0 Å². The third kappa shape index (κ3) is 4.34. The number of anilines is 3. The molecule has 0 bridgehead atoms. The predicted molar refractivity (Wildman–Crippen MR) is 108 cm³/mol. The molecule has 29 heavy (non-hydrogen) atoms. The van der Waals surface area contributed by atoms with E-state index in [1.54, 1.807) is 12.1 Å². The fourth-order valence-electron chi connectivity index (χ4n) is 3.34. The van der Waals surface area contributed by atoms with Gasteiger partial charge in [0.15, 0.2) is 11.6 Å². The number of aromatic nitrogens is 1. The molecular weight excluding hydrogens is 374 g/mol. The van der Waals surface area contributed by atoms with Gasteiger partial charge in [-0.3, -0.25) is 4.79 Å². The predicted octanol–water partition coefficient (Wildman–Crippen LogP) is 4.07. The van der Waals surface area contributed by atoms with Crippen LogP contribution in [-0.4, -0.2) is 42.0 Å². The zero-order valence-corrected chi connectivity index (χ0v) is 15.7. The Morgan fingerprint density at radius 1 is 0.897 bits per heavy atom. The number of hydrogen-bond acceptors (Lipinski definition) is 4. The van der Waals surface area contributed by atoms with Gasteiger partial charge in [-0.25, -0.2) is 13.8 Å². The molecule has 0 aliphatic carbocycles. The van der Waals surface area contributed by atoms with Crippen molar-refractivity contribution in [1.82, 2.24) is 9.88 Å². The van der Waals surface area contributed by atoms with Gasteiger partial charge >= 0.3 is 0 Å². The second-order valence-electron chi connectivity index (χ2n) is 6.80. The molecule has 5 nitrogen and oxygen atoms in total. The summed E-state index contributed by atoms with van der Waals surface area (Å²) in [5, 5.41) is 2.90. The Morgan fingerprint density at radius 3 is 2.38 bits per heavy atom. The van der Waals surface area contributed by atoms with E-state index >= 15 is 0 Å². The number of para-hydroxylation sites is 1. The summed E-state index contributed by atoms with van der Waals surface area (Å²) in [4.78, 5) is 21.1.